The third-order valence-electron chi connectivity index (χ3n) is 2.80. The van der Waals surface area contributed by atoms with Crippen molar-refractivity contribution in [3.63, 3.8) is 0 Å². The molecule has 0 spiro atoms. The second-order valence-corrected chi connectivity index (χ2v) is 5.19. The number of likely N-dealkylation sites (tertiary alicyclic amines) is 1. The molecule has 1 N–H and O–H groups in total. The van der Waals surface area contributed by atoms with E-state index in [1.165, 1.54) is 13.2 Å². The molecule has 5 nitrogen and oxygen atoms in total. The summed E-state index contributed by atoms with van der Waals surface area (Å²) in [6, 6.07) is 0. The number of carbonyl (C=O) groups is 2. The second-order valence-electron chi connectivity index (χ2n) is 3.91. The number of piperidine rings is 1. The van der Waals surface area contributed by atoms with Gasteiger partial charge in [0, 0.05) is 19.5 Å². The molecule has 1 saturated heterocycles. The SMILES string of the molecule is COC(=O)CN1CC[C@]2(O)SC(=O)C=C2C1. The number of ether oxygens (including phenoxy) is 1. The van der Waals surface area contributed by atoms with Crippen LogP contribution in [0.2, 0.25) is 0 Å². The van der Waals surface area contributed by atoms with Crippen LogP contribution in [0.25, 0.3) is 0 Å². The molecule has 2 heterocycles. The van der Waals surface area contributed by atoms with Crippen LogP contribution >= 0.6 is 11.8 Å². The molecular formula is C10H13NO4S. The Hall–Kier alpha value is -0.850. The highest BCUT2D eigenvalue weighted by atomic mass is 32.2. The van der Waals surface area contributed by atoms with Gasteiger partial charge < -0.3 is 9.84 Å². The monoisotopic (exact) mass is 243 g/mol. The maximum absolute atomic E-state index is 11.2. The van der Waals surface area contributed by atoms with Gasteiger partial charge in [0.15, 0.2) is 0 Å². The smallest absolute Gasteiger partial charge is 0.319 e. The van der Waals surface area contributed by atoms with Crippen LogP contribution in [-0.4, -0.2) is 52.8 Å². The van der Waals surface area contributed by atoms with E-state index in [2.05, 4.69) is 4.74 Å². The summed E-state index contributed by atoms with van der Waals surface area (Å²) >= 11 is 0.960. The summed E-state index contributed by atoms with van der Waals surface area (Å²) in [4.78, 5) is 23.1. The van der Waals surface area contributed by atoms with Crippen molar-refractivity contribution in [2.24, 2.45) is 0 Å². The van der Waals surface area contributed by atoms with E-state index in [0.717, 1.165) is 11.8 Å². The van der Waals surface area contributed by atoms with Crippen LogP contribution in [0.5, 0.6) is 0 Å². The minimum absolute atomic E-state index is 0.114. The van der Waals surface area contributed by atoms with Gasteiger partial charge in [0.25, 0.3) is 0 Å². The van der Waals surface area contributed by atoms with Gasteiger partial charge in [0.05, 0.1) is 13.7 Å². The summed E-state index contributed by atoms with van der Waals surface area (Å²) < 4.78 is 4.58. The molecule has 0 unspecified atom stereocenters. The molecule has 0 aromatic carbocycles. The van der Waals surface area contributed by atoms with Crippen molar-refractivity contribution in [1.82, 2.24) is 4.90 Å². The van der Waals surface area contributed by atoms with Crippen LogP contribution in [0.15, 0.2) is 11.6 Å². The van der Waals surface area contributed by atoms with Crippen molar-refractivity contribution in [2.45, 2.75) is 11.4 Å². The molecule has 88 valence electrons. The van der Waals surface area contributed by atoms with E-state index in [1.807, 2.05) is 4.90 Å². The van der Waals surface area contributed by atoms with Crippen molar-refractivity contribution in [1.29, 1.82) is 0 Å². The lowest BCUT2D eigenvalue weighted by Crippen LogP contribution is -2.45. The molecule has 0 aromatic heterocycles. The van der Waals surface area contributed by atoms with Crippen molar-refractivity contribution >= 4 is 22.8 Å². The number of nitrogens with zero attached hydrogens (tertiary/aromatic N) is 1. The zero-order chi connectivity index (χ0) is 11.8. The quantitative estimate of drug-likeness (QED) is 0.675. The number of hydrogen-bond acceptors (Lipinski definition) is 6. The molecule has 0 radical (unpaired) electrons. The first-order chi connectivity index (χ1) is 7.53. The number of carbonyl (C=O) groups excluding carboxylic acids is 2. The molecule has 16 heavy (non-hydrogen) atoms. The van der Waals surface area contributed by atoms with Gasteiger partial charge in [0.2, 0.25) is 5.12 Å². The maximum Gasteiger partial charge on any atom is 0.319 e. The molecule has 2 aliphatic heterocycles. The summed E-state index contributed by atoms with van der Waals surface area (Å²) in [6.45, 7) is 1.23. The van der Waals surface area contributed by atoms with E-state index in [0.29, 0.717) is 25.1 Å². The van der Waals surface area contributed by atoms with E-state index in [1.54, 1.807) is 0 Å². The van der Waals surface area contributed by atoms with Crippen molar-refractivity contribution < 1.29 is 19.4 Å². The van der Waals surface area contributed by atoms with Gasteiger partial charge in [0.1, 0.15) is 4.93 Å². The largest absolute Gasteiger partial charge is 0.468 e. The summed E-state index contributed by atoms with van der Waals surface area (Å²) in [7, 11) is 1.34. The molecule has 1 atom stereocenters. The van der Waals surface area contributed by atoms with Crippen LogP contribution in [0.3, 0.4) is 0 Å². The number of aliphatic hydroxyl groups is 1. The summed E-state index contributed by atoms with van der Waals surface area (Å²) in [5.41, 5.74) is 0.692. The Bertz CT molecular complexity index is 368. The third kappa shape index (κ3) is 2.14. The number of fused-ring (bicyclic) bond motifs is 1. The van der Waals surface area contributed by atoms with E-state index in [-0.39, 0.29) is 17.6 Å². The molecule has 0 amide bonds. The predicted octanol–water partition coefficient (Wildman–Crippen LogP) is -0.247. The van der Waals surface area contributed by atoms with Crippen LogP contribution in [0.1, 0.15) is 6.42 Å². The van der Waals surface area contributed by atoms with E-state index in [9.17, 15) is 14.7 Å². The average molecular weight is 243 g/mol. The van der Waals surface area contributed by atoms with Crippen LogP contribution in [0.4, 0.5) is 0 Å². The minimum Gasteiger partial charge on any atom is -0.468 e. The Morgan fingerprint density at radius 3 is 3.19 bits per heavy atom. The van der Waals surface area contributed by atoms with Gasteiger partial charge in [-0.3, -0.25) is 14.5 Å². The fraction of sp³-hybridized carbons (Fsp3) is 0.600. The van der Waals surface area contributed by atoms with Crippen LogP contribution in [-0.2, 0) is 14.3 Å². The van der Waals surface area contributed by atoms with Gasteiger partial charge in [-0.15, -0.1) is 0 Å². The van der Waals surface area contributed by atoms with Crippen molar-refractivity contribution in [2.75, 3.05) is 26.7 Å². The van der Waals surface area contributed by atoms with E-state index >= 15 is 0 Å². The average Bonchev–Trinajstić information content (AvgIpc) is 2.52. The lowest BCUT2D eigenvalue weighted by molar-refractivity contribution is -0.142. The van der Waals surface area contributed by atoms with Crippen LogP contribution < -0.4 is 0 Å². The highest BCUT2D eigenvalue weighted by Crippen LogP contribution is 2.43. The molecule has 0 aromatic rings. The molecular weight excluding hydrogens is 230 g/mol. The van der Waals surface area contributed by atoms with Gasteiger partial charge in [-0.1, -0.05) is 0 Å². The number of thioether (sulfide) groups is 1. The maximum atomic E-state index is 11.2. The van der Waals surface area contributed by atoms with Gasteiger partial charge in [-0.2, -0.15) is 0 Å². The minimum atomic E-state index is -1.04. The number of methoxy groups -OCH3 is 1. The molecule has 0 bridgehead atoms. The topological polar surface area (TPSA) is 66.8 Å². The Labute approximate surface area is 97.4 Å². The fourth-order valence-corrected chi connectivity index (χ4v) is 2.89. The fourth-order valence-electron chi connectivity index (χ4n) is 1.91. The van der Waals surface area contributed by atoms with E-state index in [4.69, 9.17) is 0 Å². The van der Waals surface area contributed by atoms with Gasteiger partial charge in [-0.25, -0.2) is 0 Å². The molecule has 0 saturated carbocycles. The molecule has 6 heteroatoms. The highest BCUT2D eigenvalue weighted by Gasteiger charge is 2.43. The first-order valence-corrected chi connectivity index (χ1v) is 5.81. The lowest BCUT2D eigenvalue weighted by Gasteiger charge is -2.35. The second kappa shape index (κ2) is 4.20. The first kappa shape index (κ1) is 11.6. The molecule has 0 aliphatic carbocycles. The number of hydrogen-bond donors (Lipinski definition) is 1. The Balaban J connectivity index is 2.02. The third-order valence-corrected chi connectivity index (χ3v) is 3.93. The predicted molar refractivity (Wildman–Crippen MR) is 58.7 cm³/mol. The van der Waals surface area contributed by atoms with Crippen molar-refractivity contribution in [3.05, 3.63) is 11.6 Å². The molecule has 2 rings (SSSR count). The Morgan fingerprint density at radius 2 is 2.50 bits per heavy atom. The zero-order valence-corrected chi connectivity index (χ0v) is 9.75. The normalized spacial score (nSPS) is 29.9. The summed E-state index contributed by atoms with van der Waals surface area (Å²) in [5.74, 6) is -0.303. The van der Waals surface area contributed by atoms with Crippen molar-refractivity contribution in [3.8, 4) is 0 Å². The Morgan fingerprint density at radius 1 is 1.75 bits per heavy atom. The highest BCUT2D eigenvalue weighted by molar-refractivity contribution is 8.15. The summed E-state index contributed by atoms with van der Waals surface area (Å²) in [6.07, 6.45) is 1.93. The van der Waals surface area contributed by atoms with Crippen LogP contribution in [0, 0.1) is 0 Å². The first-order valence-electron chi connectivity index (χ1n) is 4.99. The standard InChI is InChI=1S/C10H13NO4S/c1-15-8(12)6-11-3-2-10(14)7(5-11)4-9(13)16-10/h4,14H,2-3,5-6H2,1H3/t10-/m0/s1. The van der Waals surface area contributed by atoms with Gasteiger partial charge in [-0.05, 0) is 23.4 Å². The lowest BCUT2D eigenvalue weighted by atomic mass is 10.0. The summed E-state index contributed by atoms with van der Waals surface area (Å²) in [5, 5.41) is 10.0. The molecule has 1 fully saturated rings. The number of rotatable bonds is 2. The number of esters is 1. The molecule has 2 aliphatic rings. The van der Waals surface area contributed by atoms with E-state index < -0.39 is 4.93 Å². The van der Waals surface area contributed by atoms with Gasteiger partial charge >= 0.3 is 5.97 Å². The Kier molecular flexibility index (Phi) is 3.05. The zero-order valence-electron chi connectivity index (χ0n) is 8.93.